The van der Waals surface area contributed by atoms with Gasteiger partial charge in [-0.05, 0) is 12.1 Å². The quantitative estimate of drug-likeness (QED) is 0.618. The van der Waals surface area contributed by atoms with Gasteiger partial charge >= 0.3 is 6.18 Å². The van der Waals surface area contributed by atoms with E-state index in [-0.39, 0.29) is 5.91 Å². The molecule has 0 fully saturated rings. The fraction of sp³-hybridized carbons (Fsp3) is 0.286. The Balaban J connectivity index is 0.000000339. The Morgan fingerprint density at radius 3 is 2.42 bits per heavy atom. The summed E-state index contributed by atoms with van der Waals surface area (Å²) < 4.78 is 33.5. The second-order valence-electron chi connectivity index (χ2n) is 7.38. The third-order valence-corrected chi connectivity index (χ3v) is 4.64. The van der Waals surface area contributed by atoms with Gasteiger partial charge in [0.05, 0.1) is 25.5 Å². The summed E-state index contributed by atoms with van der Waals surface area (Å²) in [5, 5.41) is 11.7. The molecule has 2 N–H and O–H groups in total. The fourth-order valence-corrected chi connectivity index (χ4v) is 3.37. The molecule has 0 atom stereocenters. The molecule has 164 valence electrons. The van der Waals surface area contributed by atoms with Crippen LogP contribution >= 0.6 is 0 Å². The molecule has 0 saturated heterocycles. The molecule has 1 aliphatic rings. The van der Waals surface area contributed by atoms with E-state index in [1.807, 2.05) is 22.6 Å². The van der Waals surface area contributed by atoms with Crippen LogP contribution in [0, 0.1) is 0 Å². The van der Waals surface area contributed by atoms with Crippen LogP contribution < -0.4 is 15.3 Å². The van der Waals surface area contributed by atoms with Crippen molar-refractivity contribution in [2.45, 2.75) is 19.1 Å². The van der Waals surface area contributed by atoms with E-state index in [9.17, 15) is 18.0 Å². The monoisotopic (exact) mass is 434 g/mol. The van der Waals surface area contributed by atoms with E-state index in [1.54, 1.807) is 0 Å². The molecule has 31 heavy (non-hydrogen) atoms. The Morgan fingerprint density at radius 1 is 1.19 bits per heavy atom. The zero-order valence-electron chi connectivity index (χ0n) is 16.9. The Kier molecular flexibility index (Phi) is 6.30. The predicted molar refractivity (Wildman–Crippen MR) is 104 cm³/mol. The minimum Gasteiger partial charge on any atom is -0.542 e. The Labute approximate surface area is 176 Å². The molecule has 1 amide bonds. The maximum Gasteiger partial charge on any atom is 0.430 e. The second-order valence-corrected chi connectivity index (χ2v) is 7.38. The molecular formula is C21H21F3N4O3. The number of aromatic nitrogens is 2. The van der Waals surface area contributed by atoms with Crippen molar-refractivity contribution in [3.05, 3.63) is 59.4 Å². The van der Waals surface area contributed by atoms with Gasteiger partial charge in [-0.2, -0.15) is 13.2 Å². The first-order valence-corrected chi connectivity index (χ1v) is 9.53. The lowest BCUT2D eigenvalue weighted by Crippen LogP contribution is -3.04. The SMILES string of the molecule is C[NH+](C)Cc1ccc(-c2nc3cccc4n3c2CCNC4=O)cc1.O=C([O-])C(F)(F)F. The predicted octanol–water partition coefficient (Wildman–Crippen LogP) is 0.230. The lowest BCUT2D eigenvalue weighted by atomic mass is 10.1. The Hall–Kier alpha value is -3.40. The smallest absolute Gasteiger partial charge is 0.430 e. The number of quaternary nitrogens is 1. The van der Waals surface area contributed by atoms with Gasteiger partial charge in [0.1, 0.15) is 23.9 Å². The van der Waals surface area contributed by atoms with E-state index in [0.29, 0.717) is 12.2 Å². The van der Waals surface area contributed by atoms with E-state index < -0.39 is 12.1 Å². The van der Waals surface area contributed by atoms with Gasteiger partial charge < -0.3 is 20.1 Å². The summed E-state index contributed by atoms with van der Waals surface area (Å²) in [5.74, 6) is -3.04. The van der Waals surface area contributed by atoms with E-state index in [1.165, 1.54) is 10.5 Å². The van der Waals surface area contributed by atoms with Crippen molar-refractivity contribution in [3.8, 4) is 11.3 Å². The Bertz CT molecular complexity index is 1110. The highest BCUT2D eigenvalue weighted by Gasteiger charge is 2.28. The molecule has 0 unspecified atom stereocenters. The molecule has 0 bridgehead atoms. The van der Waals surface area contributed by atoms with E-state index in [2.05, 4.69) is 43.7 Å². The molecule has 0 radical (unpaired) electrons. The van der Waals surface area contributed by atoms with Crippen molar-refractivity contribution in [1.29, 1.82) is 0 Å². The number of carboxylic acids is 1. The van der Waals surface area contributed by atoms with Gasteiger partial charge in [-0.1, -0.05) is 30.3 Å². The van der Waals surface area contributed by atoms with Crippen LogP contribution in [0.5, 0.6) is 0 Å². The number of hydrogen-bond acceptors (Lipinski definition) is 4. The van der Waals surface area contributed by atoms with Crippen LogP contribution in [-0.2, 0) is 17.8 Å². The first-order valence-electron chi connectivity index (χ1n) is 9.53. The first kappa shape index (κ1) is 22.3. The molecule has 0 spiro atoms. The molecular weight excluding hydrogens is 413 g/mol. The van der Waals surface area contributed by atoms with Crippen molar-refractivity contribution in [3.63, 3.8) is 0 Å². The number of amides is 1. The van der Waals surface area contributed by atoms with Gasteiger partial charge in [0.2, 0.25) is 0 Å². The number of carbonyl (C=O) groups excluding carboxylic acids is 2. The minimum atomic E-state index is -5.19. The average molecular weight is 434 g/mol. The van der Waals surface area contributed by atoms with Crippen molar-refractivity contribution < 1.29 is 32.8 Å². The maximum absolute atomic E-state index is 12.2. The molecule has 10 heteroatoms. The highest BCUT2D eigenvalue weighted by atomic mass is 19.4. The van der Waals surface area contributed by atoms with Gasteiger partial charge in [-0.25, -0.2) is 4.98 Å². The van der Waals surface area contributed by atoms with Crippen LogP contribution in [-0.4, -0.2) is 48.1 Å². The van der Waals surface area contributed by atoms with Crippen molar-refractivity contribution in [2.75, 3.05) is 20.6 Å². The maximum atomic E-state index is 12.2. The highest BCUT2D eigenvalue weighted by Crippen LogP contribution is 2.27. The molecule has 4 rings (SSSR count). The minimum absolute atomic E-state index is 0.0346. The number of nitrogens with zero attached hydrogens (tertiary/aromatic N) is 2. The van der Waals surface area contributed by atoms with Crippen LogP contribution in [0.4, 0.5) is 13.2 Å². The first-order chi connectivity index (χ1) is 14.6. The number of carbonyl (C=O) groups is 2. The average Bonchev–Trinajstić information content (AvgIpc) is 2.97. The van der Waals surface area contributed by atoms with Gasteiger partial charge in [0.25, 0.3) is 5.91 Å². The third kappa shape index (κ3) is 5.02. The second kappa shape index (κ2) is 8.76. The summed E-state index contributed by atoms with van der Waals surface area (Å²) in [6.07, 6.45) is -4.41. The van der Waals surface area contributed by atoms with Crippen molar-refractivity contribution in [1.82, 2.24) is 14.7 Å². The third-order valence-electron chi connectivity index (χ3n) is 4.64. The molecule has 1 aromatic carbocycles. The number of imidazole rings is 1. The lowest BCUT2D eigenvalue weighted by Gasteiger charge is -2.08. The lowest BCUT2D eigenvalue weighted by molar-refractivity contribution is -0.872. The van der Waals surface area contributed by atoms with E-state index in [4.69, 9.17) is 14.9 Å². The number of benzene rings is 1. The van der Waals surface area contributed by atoms with Crippen LogP contribution in [0.25, 0.3) is 16.9 Å². The summed E-state index contributed by atoms with van der Waals surface area (Å²) >= 11 is 0. The summed E-state index contributed by atoms with van der Waals surface area (Å²) in [5.41, 5.74) is 5.98. The number of alkyl halides is 3. The number of carboxylic acid groups (broad SMARTS) is 1. The summed E-state index contributed by atoms with van der Waals surface area (Å²) in [7, 11) is 4.30. The largest absolute Gasteiger partial charge is 0.542 e. The number of pyridine rings is 1. The molecule has 7 nitrogen and oxygen atoms in total. The summed E-state index contributed by atoms with van der Waals surface area (Å²) in [6.45, 7) is 1.64. The molecule has 3 heterocycles. The fourth-order valence-electron chi connectivity index (χ4n) is 3.37. The van der Waals surface area contributed by atoms with Gasteiger partial charge in [-0.15, -0.1) is 0 Å². The van der Waals surface area contributed by atoms with Gasteiger partial charge in [-0.3, -0.25) is 9.20 Å². The molecule has 1 aliphatic heterocycles. The van der Waals surface area contributed by atoms with Crippen LogP contribution in [0.15, 0.2) is 42.5 Å². The number of hydrogen-bond donors (Lipinski definition) is 2. The van der Waals surface area contributed by atoms with Crippen LogP contribution in [0.1, 0.15) is 21.7 Å². The van der Waals surface area contributed by atoms with E-state index >= 15 is 0 Å². The molecule has 0 saturated carbocycles. The number of nitrogens with one attached hydrogen (secondary N) is 2. The van der Waals surface area contributed by atoms with E-state index in [0.717, 1.165) is 35.6 Å². The van der Waals surface area contributed by atoms with Crippen molar-refractivity contribution in [2.24, 2.45) is 0 Å². The number of halogens is 3. The topological polar surface area (TPSA) is 91.0 Å². The molecule has 2 aromatic heterocycles. The summed E-state index contributed by atoms with van der Waals surface area (Å²) in [4.78, 5) is 27.2. The van der Waals surface area contributed by atoms with Crippen LogP contribution in [0.2, 0.25) is 0 Å². The molecule has 0 aliphatic carbocycles. The summed E-state index contributed by atoms with van der Waals surface area (Å²) in [6, 6.07) is 14.3. The number of rotatable bonds is 3. The van der Waals surface area contributed by atoms with Crippen LogP contribution in [0.3, 0.4) is 0 Å². The standard InChI is InChI=1S/C19H20N4O.C2HF3O2/c1-22(2)12-13-6-8-14(9-7-13)18-15-10-11-20-19(24)16-4-3-5-17(21-18)23(15)16;3-2(4,5)1(6)7/h3-9H,10-12H2,1-2H3,(H,20,24);(H,6,7). The zero-order chi connectivity index (χ0) is 22.8. The van der Waals surface area contributed by atoms with Crippen molar-refractivity contribution >= 4 is 17.5 Å². The normalized spacial score (nSPS) is 13.4. The van der Waals surface area contributed by atoms with Gasteiger partial charge in [0, 0.05) is 24.1 Å². The number of aliphatic carboxylic acids is 1. The Morgan fingerprint density at radius 2 is 1.84 bits per heavy atom. The molecule has 3 aromatic rings. The zero-order valence-corrected chi connectivity index (χ0v) is 16.9. The highest BCUT2D eigenvalue weighted by molar-refractivity contribution is 5.94. The van der Waals surface area contributed by atoms with Gasteiger partial charge in [0.15, 0.2) is 0 Å².